The molecular formula is C46H58NO12+. The average Bonchev–Trinajstić information content (AvgIpc) is 3.21. The van der Waals surface area contributed by atoms with E-state index in [1.54, 1.807) is 12.1 Å². The molecule has 1 aliphatic heterocycles. The maximum Gasteiger partial charge on any atom is 0.338 e. The van der Waals surface area contributed by atoms with Crippen LogP contribution in [0.15, 0.2) is 84.9 Å². The third-order valence-electron chi connectivity index (χ3n) is 9.02. The zero-order valence-corrected chi connectivity index (χ0v) is 34.6. The summed E-state index contributed by atoms with van der Waals surface area (Å²) in [6, 6.07) is 26.0. The molecule has 0 amide bonds. The maximum atomic E-state index is 13.7. The molecule has 0 fully saturated rings. The van der Waals surface area contributed by atoms with Crippen LogP contribution in [0.25, 0.3) is 0 Å². The lowest BCUT2D eigenvalue weighted by Crippen LogP contribution is -2.88. The molecular weight excluding hydrogens is 759 g/mol. The van der Waals surface area contributed by atoms with E-state index in [4.69, 9.17) is 47.4 Å². The first kappa shape index (κ1) is 44.9. The first-order valence-electron chi connectivity index (χ1n) is 20.2. The molecule has 4 aromatic rings. The largest absolute Gasteiger partial charge is 0.487 e. The predicted octanol–water partition coefficient (Wildman–Crippen LogP) is 5.23. The van der Waals surface area contributed by atoms with Crippen LogP contribution in [-0.2, 0) is 28.4 Å². The second kappa shape index (κ2) is 24.7. The highest BCUT2D eigenvalue weighted by atomic mass is 16.6. The number of rotatable bonds is 9. The monoisotopic (exact) mass is 816 g/mol. The average molecular weight is 817 g/mol. The highest BCUT2D eigenvalue weighted by molar-refractivity contribution is 5.90. The summed E-state index contributed by atoms with van der Waals surface area (Å²) in [7, 11) is 0. The van der Waals surface area contributed by atoms with Gasteiger partial charge in [-0.25, -0.2) is 9.59 Å². The highest BCUT2D eigenvalue weighted by Crippen LogP contribution is 2.27. The van der Waals surface area contributed by atoms with Gasteiger partial charge in [-0.3, -0.25) is 0 Å². The van der Waals surface area contributed by atoms with Gasteiger partial charge in [-0.1, -0.05) is 58.7 Å². The summed E-state index contributed by atoms with van der Waals surface area (Å²) in [5.74, 6) is 1.42. The van der Waals surface area contributed by atoms with Crippen molar-refractivity contribution in [2.24, 2.45) is 0 Å². The molecule has 0 bridgehead atoms. The van der Waals surface area contributed by atoms with E-state index in [0.29, 0.717) is 86.9 Å². The van der Waals surface area contributed by atoms with Crippen molar-refractivity contribution in [3.63, 3.8) is 0 Å². The molecule has 13 nitrogen and oxygen atoms in total. The van der Waals surface area contributed by atoms with E-state index in [0.717, 1.165) is 22.3 Å². The molecule has 5 rings (SSSR count). The zero-order chi connectivity index (χ0) is 41.7. The second-order valence-electron chi connectivity index (χ2n) is 14.1. The van der Waals surface area contributed by atoms with Gasteiger partial charge in [0.25, 0.3) is 0 Å². The van der Waals surface area contributed by atoms with Crippen molar-refractivity contribution in [3.8, 4) is 23.0 Å². The van der Waals surface area contributed by atoms with Crippen LogP contribution in [0, 0.1) is 27.7 Å². The zero-order valence-electron chi connectivity index (χ0n) is 34.6. The minimum atomic E-state index is -0.759. The Bertz CT molecular complexity index is 1860. The van der Waals surface area contributed by atoms with Gasteiger partial charge in [0.05, 0.1) is 57.4 Å². The minimum absolute atomic E-state index is 0.0822. The Labute approximate surface area is 347 Å². The number of ether oxygens (including phenoxy) is 10. The number of para-hydroxylation sites is 4. The lowest BCUT2D eigenvalue weighted by Gasteiger charge is -2.26. The van der Waals surface area contributed by atoms with Crippen molar-refractivity contribution in [2.75, 3.05) is 92.4 Å². The van der Waals surface area contributed by atoms with E-state index in [-0.39, 0.29) is 39.6 Å². The maximum absolute atomic E-state index is 13.7. The Kier molecular flexibility index (Phi) is 18.8. The van der Waals surface area contributed by atoms with E-state index in [2.05, 4.69) is 0 Å². The van der Waals surface area contributed by atoms with Gasteiger partial charge in [0, 0.05) is 0 Å². The minimum Gasteiger partial charge on any atom is -0.487 e. The van der Waals surface area contributed by atoms with Crippen LogP contribution in [0.5, 0.6) is 23.0 Å². The van der Waals surface area contributed by atoms with E-state index < -0.39 is 24.1 Å². The molecule has 318 valence electrons. The highest BCUT2D eigenvalue weighted by Gasteiger charge is 2.29. The molecule has 0 aromatic heterocycles. The SMILES string of the molecule is Cc1cc(C)cc(C(=O)OCC[NH2+]CC(OC(=O)c2cc(C)cc(C)c2)C2COCCOc3ccccc3OCCOCCOCCOc3ccccc3OCCO2)c1. The van der Waals surface area contributed by atoms with E-state index in [1.807, 2.05) is 106 Å². The summed E-state index contributed by atoms with van der Waals surface area (Å²) in [5, 5.41) is 1.93. The number of hydrogen-bond donors (Lipinski definition) is 1. The van der Waals surface area contributed by atoms with Crippen LogP contribution in [0.2, 0.25) is 0 Å². The number of carbonyl (C=O) groups excluding carboxylic acids is 2. The smallest absolute Gasteiger partial charge is 0.338 e. The van der Waals surface area contributed by atoms with E-state index >= 15 is 0 Å². The number of esters is 2. The molecule has 0 spiro atoms. The van der Waals surface area contributed by atoms with Crippen molar-refractivity contribution in [2.45, 2.75) is 39.9 Å². The summed E-state index contributed by atoms with van der Waals surface area (Å²) < 4.78 is 59.7. The van der Waals surface area contributed by atoms with Gasteiger partial charge < -0.3 is 52.7 Å². The van der Waals surface area contributed by atoms with Crippen LogP contribution in [0.3, 0.4) is 0 Å². The summed E-state index contributed by atoms with van der Waals surface area (Å²) >= 11 is 0. The molecule has 59 heavy (non-hydrogen) atoms. The van der Waals surface area contributed by atoms with Crippen molar-refractivity contribution < 1.29 is 62.3 Å². The molecule has 0 radical (unpaired) electrons. The summed E-state index contributed by atoms with van der Waals surface area (Å²) in [6.07, 6.45) is -1.46. The summed E-state index contributed by atoms with van der Waals surface area (Å²) in [5.41, 5.74) is 4.81. The fourth-order valence-corrected chi connectivity index (χ4v) is 6.41. The fourth-order valence-electron chi connectivity index (χ4n) is 6.41. The molecule has 0 saturated heterocycles. The normalized spacial score (nSPS) is 16.8. The topological polar surface area (TPSA) is 143 Å². The lowest BCUT2D eigenvalue weighted by atomic mass is 10.1. The van der Waals surface area contributed by atoms with Gasteiger partial charge in [0.1, 0.15) is 52.2 Å². The third-order valence-corrected chi connectivity index (χ3v) is 9.02. The predicted molar refractivity (Wildman–Crippen MR) is 220 cm³/mol. The number of fused-ring (bicyclic) bond motifs is 2. The van der Waals surface area contributed by atoms with Crippen molar-refractivity contribution in [1.82, 2.24) is 0 Å². The van der Waals surface area contributed by atoms with Crippen molar-refractivity contribution in [3.05, 3.63) is 118 Å². The first-order chi connectivity index (χ1) is 28.7. The molecule has 2 N–H and O–H groups in total. The molecule has 2 unspecified atom stereocenters. The van der Waals surface area contributed by atoms with Gasteiger partial charge in [-0.2, -0.15) is 0 Å². The lowest BCUT2D eigenvalue weighted by molar-refractivity contribution is -0.662. The molecule has 4 aromatic carbocycles. The standard InChI is InChI=1S/C46H57NO12/c1-33-25-34(2)28-37(27-33)45(48)58-14-13-47-31-43(59-46(49)38-29-35(3)26-36(4)30-38)44-32-52-19-22-55-40-10-6-5-9-39(40)53-20-17-50-15-16-51-18-21-54-41-11-7-8-12-42(41)56-23-24-57-44/h5-12,25-30,43-44,47H,13-24,31-32H2,1-4H3/p+1. The van der Waals surface area contributed by atoms with Gasteiger partial charge in [0.15, 0.2) is 29.1 Å². The van der Waals surface area contributed by atoms with Crippen molar-refractivity contribution in [1.29, 1.82) is 0 Å². The Morgan fingerprint density at radius 3 is 1.49 bits per heavy atom. The molecule has 0 saturated carbocycles. The molecule has 0 aliphatic carbocycles. The quantitative estimate of drug-likeness (QED) is 0.175. The van der Waals surface area contributed by atoms with E-state index in [9.17, 15) is 9.59 Å². The summed E-state index contributed by atoms with van der Waals surface area (Å²) in [4.78, 5) is 26.5. The van der Waals surface area contributed by atoms with E-state index in [1.165, 1.54) is 0 Å². The Balaban J connectivity index is 1.28. The number of carbonyl (C=O) groups is 2. The van der Waals surface area contributed by atoms with Gasteiger partial charge in [-0.05, 0) is 76.2 Å². The number of aryl methyl sites for hydroxylation is 4. The Morgan fingerprint density at radius 1 is 0.576 bits per heavy atom. The van der Waals surface area contributed by atoms with Crippen molar-refractivity contribution >= 4 is 11.9 Å². The molecule has 13 heteroatoms. The molecule has 1 heterocycles. The fraction of sp³-hybridized carbons (Fsp3) is 0.435. The van der Waals surface area contributed by atoms with Crippen LogP contribution >= 0.6 is 0 Å². The number of quaternary nitrogens is 1. The number of benzene rings is 4. The van der Waals surface area contributed by atoms with Gasteiger partial charge in [0.2, 0.25) is 0 Å². The van der Waals surface area contributed by atoms with Crippen LogP contribution in [-0.4, -0.2) is 117 Å². The molecule has 2 atom stereocenters. The summed E-state index contributed by atoms with van der Waals surface area (Å²) in [6.45, 7) is 11.8. The first-order valence-corrected chi connectivity index (χ1v) is 20.2. The van der Waals surface area contributed by atoms with Gasteiger partial charge >= 0.3 is 11.9 Å². The number of hydrogen-bond acceptors (Lipinski definition) is 12. The Morgan fingerprint density at radius 2 is 1.00 bits per heavy atom. The van der Waals surface area contributed by atoms with Crippen LogP contribution < -0.4 is 24.3 Å². The van der Waals surface area contributed by atoms with Crippen LogP contribution in [0.1, 0.15) is 43.0 Å². The Hall–Kier alpha value is -5.18. The second-order valence-corrected chi connectivity index (χ2v) is 14.1. The third kappa shape index (κ3) is 15.8. The molecule has 1 aliphatic rings. The number of nitrogens with two attached hydrogens (primary N) is 1. The van der Waals surface area contributed by atoms with Gasteiger partial charge in [-0.15, -0.1) is 0 Å². The van der Waals surface area contributed by atoms with Crippen LogP contribution in [0.4, 0.5) is 0 Å².